The molecule has 0 amide bonds. The van der Waals surface area contributed by atoms with Gasteiger partial charge in [0.05, 0.1) is 11.0 Å². The van der Waals surface area contributed by atoms with E-state index < -0.39 is 16.6 Å². The van der Waals surface area contributed by atoms with E-state index in [-0.39, 0.29) is 0 Å². The van der Waals surface area contributed by atoms with Gasteiger partial charge in [-0.3, -0.25) is 0 Å². The van der Waals surface area contributed by atoms with Crippen LogP contribution in [0.2, 0.25) is 31.2 Å². The summed E-state index contributed by atoms with van der Waals surface area (Å²) in [5.41, 5.74) is 2.05. The zero-order valence-electron chi connectivity index (χ0n) is 13.2. The summed E-state index contributed by atoms with van der Waals surface area (Å²) in [5, 5.41) is 5.90. The third-order valence-electron chi connectivity index (χ3n) is 4.52. The molecule has 0 fully saturated rings. The van der Waals surface area contributed by atoms with Crippen LogP contribution in [0.25, 0.3) is 21.8 Å². The van der Waals surface area contributed by atoms with E-state index in [4.69, 9.17) is 20.7 Å². The molecule has 0 aliphatic carbocycles. The second kappa shape index (κ2) is 4.41. The monoisotopic (exact) mass is 343 g/mol. The summed E-state index contributed by atoms with van der Waals surface area (Å²) in [6, 6.07) is 12.6. The Kier molecular flexibility index (Phi) is 2.89. The number of fused-ring (bicyclic) bond motifs is 3. The molecule has 5 heteroatoms. The van der Waals surface area contributed by atoms with Crippen LogP contribution in [0.4, 0.5) is 0 Å². The predicted molar refractivity (Wildman–Crippen MR) is 99.6 cm³/mol. The van der Waals surface area contributed by atoms with Crippen LogP contribution in [0.3, 0.4) is 0 Å². The molecule has 1 aliphatic heterocycles. The Morgan fingerprint density at radius 1 is 0.818 bits per heavy atom. The summed E-state index contributed by atoms with van der Waals surface area (Å²) in [4.78, 5) is 4.83. The number of benzene rings is 2. The maximum atomic E-state index is 6.52. The Morgan fingerprint density at radius 2 is 1.45 bits per heavy atom. The van der Waals surface area contributed by atoms with Gasteiger partial charge in [-0.05, 0) is 66.9 Å². The van der Waals surface area contributed by atoms with Gasteiger partial charge in [0.15, 0.2) is 0 Å². The third kappa shape index (κ3) is 2.06. The maximum Gasteiger partial charge on any atom is 0.206 e. The summed E-state index contributed by atoms with van der Waals surface area (Å²) in [5.74, 6) is 0. The highest BCUT2D eigenvalue weighted by Crippen LogP contribution is 2.26. The fourth-order valence-corrected chi connectivity index (χ4v) is 14.0. The van der Waals surface area contributed by atoms with Gasteiger partial charge in [-0.25, -0.2) is 4.98 Å². The van der Waals surface area contributed by atoms with Gasteiger partial charge in [0.25, 0.3) is 0 Å². The second-order valence-corrected chi connectivity index (χ2v) is 15.4. The molecule has 2 nitrogen and oxygen atoms in total. The minimum atomic E-state index is -1.79. The third-order valence-corrected chi connectivity index (χ3v) is 12.5. The largest absolute Gasteiger partial charge is 0.449 e. The maximum absolute atomic E-state index is 6.52. The standard InChI is InChI=1S/C17H18ClNOSi2/c1-21(2)16-9-12-7-11-8-13(18)5-6-14(11)19-15(12)10-17(16)22(3,4)20-21/h5-10H,1-4H3. The zero-order valence-corrected chi connectivity index (χ0v) is 16.0. The SMILES string of the molecule is C[Si]1(C)O[Si](C)(C)c2cc3nc4ccc(Cl)cc4cc3cc21. The van der Waals surface area contributed by atoms with Gasteiger partial charge in [0, 0.05) is 15.8 Å². The number of halogens is 1. The average molecular weight is 344 g/mol. The van der Waals surface area contributed by atoms with Gasteiger partial charge in [0.2, 0.25) is 16.6 Å². The summed E-state index contributed by atoms with van der Waals surface area (Å²) < 4.78 is 6.52. The normalized spacial score (nSPS) is 18.8. The predicted octanol–water partition coefficient (Wildman–Crippen LogP) is 3.90. The molecule has 112 valence electrons. The highest BCUT2D eigenvalue weighted by molar-refractivity contribution is 7.05. The van der Waals surface area contributed by atoms with E-state index in [2.05, 4.69) is 44.4 Å². The molecule has 0 radical (unpaired) electrons. The van der Waals surface area contributed by atoms with Crippen molar-refractivity contribution in [3.63, 3.8) is 0 Å². The Balaban J connectivity index is 2.07. The van der Waals surface area contributed by atoms with E-state index in [1.807, 2.05) is 18.2 Å². The van der Waals surface area contributed by atoms with Crippen molar-refractivity contribution in [3.8, 4) is 0 Å². The van der Waals surface area contributed by atoms with Crippen molar-refractivity contribution in [2.45, 2.75) is 26.2 Å². The van der Waals surface area contributed by atoms with Gasteiger partial charge in [-0.1, -0.05) is 17.7 Å². The molecular weight excluding hydrogens is 326 g/mol. The van der Waals surface area contributed by atoms with Crippen molar-refractivity contribution in [1.82, 2.24) is 4.98 Å². The Hall–Kier alpha value is -1.21. The highest BCUT2D eigenvalue weighted by atomic mass is 35.5. The molecule has 0 atom stereocenters. The first-order valence-corrected chi connectivity index (χ1v) is 13.7. The lowest BCUT2D eigenvalue weighted by Gasteiger charge is -2.22. The molecular formula is C17H18ClNOSi2. The van der Waals surface area contributed by atoms with Crippen LogP contribution in [-0.4, -0.2) is 21.6 Å². The van der Waals surface area contributed by atoms with Crippen LogP contribution in [-0.2, 0) is 4.12 Å². The quantitative estimate of drug-likeness (QED) is 0.456. The molecule has 22 heavy (non-hydrogen) atoms. The molecule has 2 heterocycles. The van der Waals surface area contributed by atoms with Crippen LogP contribution in [0.5, 0.6) is 0 Å². The second-order valence-electron chi connectivity index (χ2n) is 7.04. The van der Waals surface area contributed by atoms with Crippen molar-refractivity contribution in [1.29, 1.82) is 0 Å². The fourth-order valence-electron chi connectivity index (χ4n) is 3.60. The molecule has 3 aromatic rings. The minimum absolute atomic E-state index is 0.751. The highest BCUT2D eigenvalue weighted by Gasteiger charge is 2.46. The van der Waals surface area contributed by atoms with E-state index in [9.17, 15) is 0 Å². The number of hydrogen-bond donors (Lipinski definition) is 0. The number of aromatic nitrogens is 1. The van der Waals surface area contributed by atoms with E-state index in [0.717, 1.165) is 21.4 Å². The fraction of sp³-hybridized carbons (Fsp3) is 0.235. The first kappa shape index (κ1) is 14.4. The van der Waals surface area contributed by atoms with Crippen LogP contribution >= 0.6 is 11.6 Å². The Morgan fingerprint density at radius 3 is 2.18 bits per heavy atom. The molecule has 0 N–H and O–H groups in total. The van der Waals surface area contributed by atoms with Gasteiger partial charge < -0.3 is 4.12 Å². The van der Waals surface area contributed by atoms with Crippen molar-refractivity contribution >= 4 is 60.4 Å². The smallest absolute Gasteiger partial charge is 0.206 e. The van der Waals surface area contributed by atoms with Crippen molar-refractivity contribution in [3.05, 3.63) is 41.4 Å². The summed E-state index contributed by atoms with van der Waals surface area (Å²) in [6.45, 7) is 9.18. The van der Waals surface area contributed by atoms with Crippen LogP contribution < -0.4 is 10.4 Å². The number of hydrogen-bond acceptors (Lipinski definition) is 2. The molecule has 0 saturated carbocycles. The number of pyridine rings is 1. The Bertz CT molecular complexity index is 937. The molecule has 1 aromatic heterocycles. The summed E-state index contributed by atoms with van der Waals surface area (Å²) >= 11 is 6.11. The molecule has 0 saturated heterocycles. The molecule has 0 bridgehead atoms. The van der Waals surface area contributed by atoms with Crippen LogP contribution in [0.1, 0.15) is 0 Å². The molecule has 4 rings (SSSR count). The topological polar surface area (TPSA) is 22.1 Å². The molecule has 0 unspecified atom stereocenters. The van der Waals surface area contributed by atoms with Crippen molar-refractivity contribution in [2.24, 2.45) is 0 Å². The molecule has 2 aromatic carbocycles. The van der Waals surface area contributed by atoms with Crippen molar-refractivity contribution < 1.29 is 4.12 Å². The van der Waals surface area contributed by atoms with E-state index in [0.29, 0.717) is 0 Å². The summed E-state index contributed by atoms with van der Waals surface area (Å²) in [6.07, 6.45) is 0. The first-order valence-electron chi connectivity index (χ1n) is 7.51. The average Bonchev–Trinajstić information content (AvgIpc) is 2.59. The lowest BCUT2D eigenvalue weighted by Crippen LogP contribution is -2.44. The van der Waals surface area contributed by atoms with Crippen LogP contribution in [0.15, 0.2) is 36.4 Å². The van der Waals surface area contributed by atoms with E-state index >= 15 is 0 Å². The van der Waals surface area contributed by atoms with Crippen LogP contribution in [0, 0.1) is 0 Å². The van der Waals surface area contributed by atoms with E-state index in [1.165, 1.54) is 15.8 Å². The summed E-state index contributed by atoms with van der Waals surface area (Å²) in [7, 11) is -3.57. The Labute approximate surface area is 137 Å². The lowest BCUT2D eigenvalue weighted by molar-refractivity contribution is 0.583. The zero-order chi connectivity index (χ0) is 15.7. The molecule has 1 aliphatic rings. The minimum Gasteiger partial charge on any atom is -0.449 e. The van der Waals surface area contributed by atoms with E-state index in [1.54, 1.807) is 0 Å². The lowest BCUT2D eigenvalue weighted by atomic mass is 10.1. The number of rotatable bonds is 0. The van der Waals surface area contributed by atoms with Gasteiger partial charge >= 0.3 is 0 Å². The van der Waals surface area contributed by atoms with Gasteiger partial charge in [0.1, 0.15) is 0 Å². The number of nitrogens with zero attached hydrogens (tertiary/aromatic N) is 1. The van der Waals surface area contributed by atoms with Gasteiger partial charge in [-0.2, -0.15) is 0 Å². The molecule has 0 spiro atoms. The first-order chi connectivity index (χ1) is 10.3. The van der Waals surface area contributed by atoms with Gasteiger partial charge in [-0.15, -0.1) is 0 Å². The van der Waals surface area contributed by atoms with Crippen molar-refractivity contribution in [2.75, 3.05) is 0 Å².